The van der Waals surface area contributed by atoms with Gasteiger partial charge in [0.1, 0.15) is 11.4 Å². The predicted molar refractivity (Wildman–Crippen MR) is 85.0 cm³/mol. The molecule has 0 bridgehead atoms. The van der Waals surface area contributed by atoms with Crippen LogP contribution in [0.25, 0.3) is 0 Å². The van der Waals surface area contributed by atoms with E-state index in [2.05, 4.69) is 27.6 Å². The standard InChI is InChI=1S/C14H22IN3O/c1-4-19-14(2,3)13-17-11(9-7-5-6-8-9)10(15)12(16)18-13/h9H,4-8H2,1-3H3,(H2,16,17,18). The van der Waals surface area contributed by atoms with Gasteiger partial charge in [0.15, 0.2) is 5.82 Å². The summed E-state index contributed by atoms with van der Waals surface area (Å²) in [5.74, 6) is 1.82. The lowest BCUT2D eigenvalue weighted by Crippen LogP contribution is -2.26. The van der Waals surface area contributed by atoms with Crippen LogP contribution < -0.4 is 5.73 Å². The van der Waals surface area contributed by atoms with Crippen LogP contribution >= 0.6 is 22.6 Å². The maximum Gasteiger partial charge on any atom is 0.162 e. The smallest absolute Gasteiger partial charge is 0.162 e. The summed E-state index contributed by atoms with van der Waals surface area (Å²) in [6.45, 7) is 6.61. The highest BCUT2D eigenvalue weighted by Gasteiger charge is 2.29. The van der Waals surface area contributed by atoms with Crippen molar-refractivity contribution in [2.45, 2.75) is 58.0 Å². The Kier molecular flexibility index (Phi) is 4.66. The fourth-order valence-corrected chi connectivity index (χ4v) is 3.33. The Morgan fingerprint density at radius 2 is 1.95 bits per heavy atom. The number of nitrogens with zero attached hydrogens (tertiary/aromatic N) is 2. The van der Waals surface area contributed by atoms with E-state index in [0.717, 1.165) is 9.26 Å². The van der Waals surface area contributed by atoms with Gasteiger partial charge in [-0.05, 0) is 56.2 Å². The summed E-state index contributed by atoms with van der Waals surface area (Å²) < 4.78 is 6.76. The second-order valence-corrected chi connectivity index (χ2v) is 6.64. The number of halogens is 1. The van der Waals surface area contributed by atoms with Crippen molar-refractivity contribution in [2.75, 3.05) is 12.3 Å². The van der Waals surface area contributed by atoms with Gasteiger partial charge < -0.3 is 10.5 Å². The number of rotatable bonds is 4. The van der Waals surface area contributed by atoms with Gasteiger partial charge >= 0.3 is 0 Å². The first-order chi connectivity index (χ1) is 8.95. The van der Waals surface area contributed by atoms with Crippen LogP contribution in [0.4, 0.5) is 5.82 Å². The van der Waals surface area contributed by atoms with Crippen LogP contribution in [0.1, 0.15) is 63.9 Å². The van der Waals surface area contributed by atoms with Gasteiger partial charge in [0, 0.05) is 12.5 Å². The fraction of sp³-hybridized carbons (Fsp3) is 0.714. The zero-order valence-electron chi connectivity index (χ0n) is 11.9. The Morgan fingerprint density at radius 1 is 1.32 bits per heavy atom. The Hall–Kier alpha value is -0.430. The van der Waals surface area contributed by atoms with E-state index in [4.69, 9.17) is 15.5 Å². The van der Waals surface area contributed by atoms with E-state index in [1.165, 1.54) is 25.7 Å². The maximum atomic E-state index is 6.07. The molecule has 1 aromatic rings. The third-order valence-electron chi connectivity index (χ3n) is 3.69. The summed E-state index contributed by atoms with van der Waals surface area (Å²) in [7, 11) is 0. The van der Waals surface area contributed by atoms with Crippen LogP contribution in [0.2, 0.25) is 0 Å². The van der Waals surface area contributed by atoms with Crippen molar-refractivity contribution in [1.29, 1.82) is 0 Å². The lowest BCUT2D eigenvalue weighted by molar-refractivity contribution is -0.0209. The molecular weight excluding hydrogens is 353 g/mol. The zero-order valence-corrected chi connectivity index (χ0v) is 14.0. The Labute approximate surface area is 128 Å². The van der Waals surface area contributed by atoms with Crippen LogP contribution in [-0.4, -0.2) is 16.6 Å². The molecule has 0 aliphatic heterocycles. The molecule has 1 saturated carbocycles. The molecule has 19 heavy (non-hydrogen) atoms. The van der Waals surface area contributed by atoms with Gasteiger partial charge in [-0.15, -0.1) is 0 Å². The molecule has 0 unspecified atom stereocenters. The molecule has 0 spiro atoms. The quantitative estimate of drug-likeness (QED) is 0.817. The summed E-state index contributed by atoms with van der Waals surface area (Å²) in [6, 6.07) is 0. The second-order valence-electron chi connectivity index (χ2n) is 5.56. The molecule has 1 aliphatic carbocycles. The van der Waals surface area contributed by atoms with Gasteiger partial charge in [-0.1, -0.05) is 12.8 Å². The highest BCUT2D eigenvalue weighted by molar-refractivity contribution is 14.1. The molecule has 5 heteroatoms. The minimum atomic E-state index is -0.486. The number of aromatic nitrogens is 2. The van der Waals surface area contributed by atoms with E-state index in [-0.39, 0.29) is 0 Å². The minimum absolute atomic E-state index is 0.486. The highest BCUT2D eigenvalue weighted by atomic mass is 127. The van der Waals surface area contributed by atoms with Gasteiger partial charge in [0.25, 0.3) is 0 Å². The summed E-state index contributed by atoms with van der Waals surface area (Å²) in [5, 5.41) is 0. The third kappa shape index (κ3) is 3.18. The SMILES string of the molecule is CCOC(C)(C)c1nc(N)c(I)c(C2CCCC2)n1. The van der Waals surface area contributed by atoms with Gasteiger partial charge in [-0.2, -0.15) is 0 Å². The molecule has 2 N–H and O–H groups in total. The molecule has 2 rings (SSSR count). The maximum absolute atomic E-state index is 6.07. The van der Waals surface area contributed by atoms with E-state index >= 15 is 0 Å². The summed E-state index contributed by atoms with van der Waals surface area (Å²) >= 11 is 2.27. The van der Waals surface area contributed by atoms with Crippen molar-refractivity contribution in [2.24, 2.45) is 0 Å². The van der Waals surface area contributed by atoms with Crippen LogP contribution in [0.3, 0.4) is 0 Å². The van der Waals surface area contributed by atoms with Crippen molar-refractivity contribution in [3.63, 3.8) is 0 Å². The summed E-state index contributed by atoms with van der Waals surface area (Å²) in [6.07, 6.45) is 4.99. The van der Waals surface area contributed by atoms with Crippen molar-refractivity contribution >= 4 is 28.4 Å². The number of anilines is 1. The molecule has 0 saturated heterocycles. The van der Waals surface area contributed by atoms with Crippen LogP contribution in [0.15, 0.2) is 0 Å². The average molecular weight is 375 g/mol. The molecule has 0 atom stereocenters. The lowest BCUT2D eigenvalue weighted by atomic mass is 10.0. The molecule has 4 nitrogen and oxygen atoms in total. The second kappa shape index (κ2) is 5.91. The first-order valence-electron chi connectivity index (χ1n) is 6.93. The predicted octanol–water partition coefficient (Wildman–Crippen LogP) is 3.59. The first kappa shape index (κ1) is 15.0. The number of ether oxygens (including phenoxy) is 1. The molecule has 1 aromatic heterocycles. The monoisotopic (exact) mass is 375 g/mol. The van der Waals surface area contributed by atoms with Crippen LogP contribution in [0, 0.1) is 3.57 Å². The zero-order chi connectivity index (χ0) is 14.0. The highest BCUT2D eigenvalue weighted by Crippen LogP contribution is 2.37. The largest absolute Gasteiger partial charge is 0.383 e. The van der Waals surface area contributed by atoms with Crippen LogP contribution in [0.5, 0.6) is 0 Å². The normalized spacial score (nSPS) is 17.1. The summed E-state index contributed by atoms with van der Waals surface area (Å²) in [4.78, 5) is 9.21. The number of hydrogen-bond donors (Lipinski definition) is 1. The fourth-order valence-electron chi connectivity index (χ4n) is 2.65. The topological polar surface area (TPSA) is 61.0 Å². The van der Waals surface area contributed by atoms with Crippen molar-refractivity contribution in [3.8, 4) is 0 Å². The molecule has 0 amide bonds. The van der Waals surface area contributed by atoms with E-state index < -0.39 is 5.60 Å². The Morgan fingerprint density at radius 3 is 2.53 bits per heavy atom. The van der Waals surface area contributed by atoms with E-state index in [0.29, 0.717) is 24.2 Å². The lowest BCUT2D eigenvalue weighted by Gasteiger charge is -2.25. The molecule has 1 fully saturated rings. The Bertz CT molecular complexity index is 456. The van der Waals surface area contributed by atoms with E-state index in [9.17, 15) is 0 Å². The van der Waals surface area contributed by atoms with Gasteiger partial charge in [0.2, 0.25) is 0 Å². The minimum Gasteiger partial charge on any atom is -0.383 e. The first-order valence-corrected chi connectivity index (χ1v) is 8.01. The average Bonchev–Trinajstić information content (AvgIpc) is 2.85. The van der Waals surface area contributed by atoms with Crippen molar-refractivity contribution < 1.29 is 4.74 Å². The van der Waals surface area contributed by atoms with Crippen LogP contribution in [-0.2, 0) is 10.3 Å². The number of nitrogens with two attached hydrogens (primary N) is 1. The molecular formula is C14H22IN3O. The number of nitrogen functional groups attached to an aromatic ring is 1. The number of hydrogen-bond acceptors (Lipinski definition) is 4. The van der Waals surface area contributed by atoms with E-state index in [1.54, 1.807) is 0 Å². The van der Waals surface area contributed by atoms with Gasteiger partial charge in [0.05, 0.1) is 9.26 Å². The third-order valence-corrected chi connectivity index (χ3v) is 4.79. The molecule has 0 radical (unpaired) electrons. The molecule has 0 aromatic carbocycles. The molecule has 106 valence electrons. The molecule has 1 aliphatic rings. The van der Waals surface area contributed by atoms with E-state index in [1.807, 2.05) is 20.8 Å². The Balaban J connectivity index is 2.41. The van der Waals surface area contributed by atoms with Gasteiger partial charge in [-0.25, -0.2) is 9.97 Å². The van der Waals surface area contributed by atoms with Crippen molar-refractivity contribution in [1.82, 2.24) is 9.97 Å². The van der Waals surface area contributed by atoms with Gasteiger partial charge in [-0.3, -0.25) is 0 Å². The molecule has 1 heterocycles. The summed E-state index contributed by atoms with van der Waals surface area (Å²) in [5.41, 5.74) is 6.70. The van der Waals surface area contributed by atoms with Crippen molar-refractivity contribution in [3.05, 3.63) is 15.1 Å².